The van der Waals surface area contributed by atoms with E-state index in [-0.39, 0.29) is 41.0 Å². The highest BCUT2D eigenvalue weighted by atomic mass is 32.2. The number of carbonyl (C=O) groups excluding carboxylic acids is 2. The highest BCUT2D eigenvalue weighted by molar-refractivity contribution is 7.92. The second-order valence-electron chi connectivity index (χ2n) is 8.50. The molecule has 1 fully saturated rings. The molecule has 1 aliphatic heterocycles. The Morgan fingerprint density at radius 3 is 2.49 bits per heavy atom. The van der Waals surface area contributed by atoms with Gasteiger partial charge in [-0.25, -0.2) is 8.42 Å². The quantitative estimate of drug-likeness (QED) is 0.379. The van der Waals surface area contributed by atoms with Gasteiger partial charge in [0.25, 0.3) is 10.0 Å². The minimum absolute atomic E-state index is 0.109. The lowest BCUT2D eigenvalue weighted by Gasteiger charge is -2.25. The van der Waals surface area contributed by atoms with Gasteiger partial charge < -0.3 is 9.72 Å². The number of nitrogens with one attached hydrogen (secondary N) is 2. The van der Waals surface area contributed by atoms with Crippen LogP contribution in [0.1, 0.15) is 31.7 Å². The van der Waals surface area contributed by atoms with Gasteiger partial charge in [-0.15, -0.1) is 0 Å². The molecule has 0 atom stereocenters. The number of piperidine rings is 1. The molecule has 9 heteroatoms. The monoisotopic (exact) mass is 491 g/mol. The molecule has 1 saturated heterocycles. The number of nitrogens with zero attached hydrogens (tertiary/aromatic N) is 1. The number of aromatic amines is 1. The first-order valence-corrected chi connectivity index (χ1v) is 12.9. The zero-order valence-corrected chi connectivity index (χ0v) is 20.2. The lowest BCUT2D eigenvalue weighted by atomic mass is 10.1. The highest BCUT2D eigenvalue weighted by Crippen LogP contribution is 2.34. The van der Waals surface area contributed by atoms with Crippen molar-refractivity contribution in [1.82, 2.24) is 4.98 Å². The molecule has 180 valence electrons. The molecule has 2 heterocycles. The van der Waals surface area contributed by atoms with Gasteiger partial charge in [0.15, 0.2) is 0 Å². The van der Waals surface area contributed by atoms with Crippen molar-refractivity contribution in [2.24, 2.45) is 0 Å². The van der Waals surface area contributed by atoms with Gasteiger partial charge in [-0.1, -0.05) is 31.2 Å². The van der Waals surface area contributed by atoms with Crippen molar-refractivity contribution in [1.29, 1.82) is 0 Å². The van der Waals surface area contributed by atoms with Crippen molar-refractivity contribution < 1.29 is 22.7 Å². The molecule has 35 heavy (non-hydrogen) atoms. The van der Waals surface area contributed by atoms with E-state index in [4.69, 9.17) is 4.74 Å². The summed E-state index contributed by atoms with van der Waals surface area (Å²) in [5.41, 5.74) is 3.62. The molecule has 5 rings (SSSR count). The summed E-state index contributed by atoms with van der Waals surface area (Å²) in [6.07, 6.45) is 1.85. The Hall–Kier alpha value is -3.85. The van der Waals surface area contributed by atoms with Gasteiger partial charge in [0, 0.05) is 34.6 Å². The zero-order valence-electron chi connectivity index (χ0n) is 19.4. The number of hydrogen-bond acceptors (Lipinski definition) is 5. The van der Waals surface area contributed by atoms with Crippen LogP contribution in [0, 0.1) is 0 Å². The van der Waals surface area contributed by atoms with Gasteiger partial charge in [-0.3, -0.25) is 19.2 Å². The maximum absolute atomic E-state index is 13.4. The van der Waals surface area contributed by atoms with E-state index in [1.54, 1.807) is 12.1 Å². The molecule has 2 amide bonds. The zero-order chi connectivity index (χ0) is 24.7. The number of rotatable bonds is 6. The summed E-state index contributed by atoms with van der Waals surface area (Å²) < 4.78 is 34.7. The van der Waals surface area contributed by atoms with Crippen LogP contribution in [0.2, 0.25) is 0 Å². The minimum Gasteiger partial charge on any atom is -0.495 e. The van der Waals surface area contributed by atoms with E-state index in [0.717, 1.165) is 33.1 Å². The third-order valence-electron chi connectivity index (χ3n) is 6.33. The van der Waals surface area contributed by atoms with E-state index in [9.17, 15) is 18.0 Å². The summed E-state index contributed by atoms with van der Waals surface area (Å²) in [7, 11) is -2.73. The summed E-state index contributed by atoms with van der Waals surface area (Å²) in [5.74, 6) is -0.589. The molecule has 4 aromatic rings. The van der Waals surface area contributed by atoms with Gasteiger partial charge in [-0.2, -0.15) is 0 Å². The van der Waals surface area contributed by atoms with Crippen molar-refractivity contribution >= 4 is 55.0 Å². The topological polar surface area (TPSA) is 109 Å². The first-order valence-electron chi connectivity index (χ1n) is 11.4. The van der Waals surface area contributed by atoms with Crippen LogP contribution < -0.4 is 14.4 Å². The summed E-state index contributed by atoms with van der Waals surface area (Å²) in [4.78, 5) is 29.0. The molecule has 0 unspecified atom stereocenters. The number of carbonyl (C=O) groups is 2. The van der Waals surface area contributed by atoms with E-state index >= 15 is 0 Å². The van der Waals surface area contributed by atoms with Gasteiger partial charge in [0.1, 0.15) is 10.6 Å². The summed E-state index contributed by atoms with van der Waals surface area (Å²) in [5, 5.41) is 2.08. The number of ether oxygens (including phenoxy) is 1. The first kappa shape index (κ1) is 22.9. The van der Waals surface area contributed by atoms with Crippen molar-refractivity contribution in [3.05, 3.63) is 60.2 Å². The number of sulfonamides is 1. The maximum atomic E-state index is 13.4. The summed E-state index contributed by atoms with van der Waals surface area (Å²) in [6.45, 7) is 2.09. The van der Waals surface area contributed by atoms with E-state index in [1.807, 2.05) is 18.2 Å². The number of hydrogen-bond donors (Lipinski definition) is 2. The Bertz CT molecular complexity index is 1570. The van der Waals surface area contributed by atoms with Crippen molar-refractivity contribution in [3.8, 4) is 5.75 Å². The third kappa shape index (κ3) is 4.01. The predicted molar refractivity (Wildman–Crippen MR) is 135 cm³/mol. The number of methoxy groups -OCH3 is 1. The standard InChI is InChI=1S/C26H25N3O5S/c1-3-16-6-4-7-20-19-12-10-17(14-21(19)27-26(16)20)28-35(32,33)23-15-18(11-13-22(23)34-2)29-24(30)8-5-9-25(29)31/h4,6-7,10-15,27-28H,3,5,8-9H2,1-2H3. The van der Waals surface area contributed by atoms with E-state index in [2.05, 4.69) is 22.7 Å². The molecule has 2 N–H and O–H groups in total. The van der Waals surface area contributed by atoms with Gasteiger partial charge in [-0.05, 0) is 48.7 Å². The predicted octanol–water partition coefficient (Wildman–Crippen LogP) is 4.74. The Balaban J connectivity index is 1.53. The Labute approximate surface area is 202 Å². The summed E-state index contributed by atoms with van der Waals surface area (Å²) in [6, 6.07) is 15.7. The molecule has 0 spiro atoms. The molecule has 1 aromatic heterocycles. The second kappa shape index (κ2) is 8.74. The Morgan fingerprint density at radius 1 is 1.00 bits per heavy atom. The fraction of sp³-hybridized carbons (Fsp3) is 0.231. The van der Waals surface area contributed by atoms with Crippen LogP contribution >= 0.6 is 0 Å². The number of fused-ring (bicyclic) bond motifs is 3. The molecule has 0 radical (unpaired) electrons. The van der Waals surface area contributed by atoms with Crippen LogP contribution in [0.4, 0.5) is 11.4 Å². The Kier molecular flexibility index (Phi) is 5.72. The van der Waals surface area contributed by atoms with E-state index in [0.29, 0.717) is 12.1 Å². The number of imide groups is 1. The average molecular weight is 492 g/mol. The molecule has 0 saturated carbocycles. The van der Waals surface area contributed by atoms with Crippen LogP contribution in [0.15, 0.2) is 59.5 Å². The summed E-state index contributed by atoms with van der Waals surface area (Å²) >= 11 is 0. The van der Waals surface area contributed by atoms with Crippen LogP contribution in [0.5, 0.6) is 5.75 Å². The van der Waals surface area contributed by atoms with Gasteiger partial charge >= 0.3 is 0 Å². The molecule has 0 aliphatic carbocycles. The van der Waals surface area contributed by atoms with Crippen molar-refractivity contribution in [2.45, 2.75) is 37.5 Å². The molecular weight excluding hydrogens is 466 g/mol. The highest BCUT2D eigenvalue weighted by Gasteiger charge is 2.30. The Morgan fingerprint density at radius 2 is 1.77 bits per heavy atom. The van der Waals surface area contributed by atoms with Crippen LogP contribution in [0.25, 0.3) is 21.8 Å². The molecule has 3 aromatic carbocycles. The maximum Gasteiger partial charge on any atom is 0.265 e. The van der Waals surface area contributed by atoms with Crippen LogP contribution in [0.3, 0.4) is 0 Å². The SMILES string of the molecule is CCc1cccc2c1[nH]c1cc(NS(=O)(=O)c3cc(N4C(=O)CCCC4=O)ccc3OC)ccc12. The third-order valence-corrected chi connectivity index (χ3v) is 7.73. The molecular formula is C26H25N3O5S. The fourth-order valence-electron chi connectivity index (χ4n) is 4.61. The van der Waals surface area contributed by atoms with Gasteiger partial charge in [0.05, 0.1) is 18.5 Å². The second-order valence-corrected chi connectivity index (χ2v) is 10.1. The average Bonchev–Trinajstić information content (AvgIpc) is 3.21. The van der Waals surface area contributed by atoms with Crippen LogP contribution in [-0.2, 0) is 26.0 Å². The first-order chi connectivity index (χ1) is 16.8. The van der Waals surface area contributed by atoms with Crippen molar-refractivity contribution in [2.75, 3.05) is 16.7 Å². The smallest absolute Gasteiger partial charge is 0.265 e. The molecule has 8 nitrogen and oxygen atoms in total. The molecule has 1 aliphatic rings. The largest absolute Gasteiger partial charge is 0.495 e. The lowest BCUT2D eigenvalue weighted by Crippen LogP contribution is -2.40. The number of H-pyrrole nitrogens is 1. The number of benzene rings is 3. The van der Waals surface area contributed by atoms with Crippen LogP contribution in [-0.4, -0.2) is 32.3 Å². The van der Waals surface area contributed by atoms with Crippen molar-refractivity contribution in [3.63, 3.8) is 0 Å². The minimum atomic E-state index is -4.10. The normalized spacial score (nSPS) is 14.6. The van der Waals surface area contributed by atoms with E-state index < -0.39 is 10.0 Å². The molecule has 0 bridgehead atoms. The van der Waals surface area contributed by atoms with E-state index in [1.165, 1.54) is 30.9 Å². The number of aromatic nitrogens is 1. The number of anilines is 2. The lowest BCUT2D eigenvalue weighted by molar-refractivity contribution is -0.129. The number of aryl methyl sites for hydroxylation is 1. The van der Waals surface area contributed by atoms with Gasteiger partial charge in [0.2, 0.25) is 11.8 Å². The number of amides is 2. The number of para-hydroxylation sites is 1. The fourth-order valence-corrected chi connectivity index (χ4v) is 5.85.